The fraction of sp³-hybridized carbons (Fsp3) is 0.900. The van der Waals surface area contributed by atoms with Crippen molar-refractivity contribution in [2.24, 2.45) is 5.73 Å². The van der Waals surface area contributed by atoms with Crippen LogP contribution in [0.4, 0.5) is 0 Å². The van der Waals surface area contributed by atoms with Crippen molar-refractivity contribution in [3.05, 3.63) is 0 Å². The lowest BCUT2D eigenvalue weighted by Gasteiger charge is -2.05. The summed E-state index contributed by atoms with van der Waals surface area (Å²) >= 11 is 1.82. The first-order valence-corrected chi connectivity index (χ1v) is 6.46. The van der Waals surface area contributed by atoms with Crippen molar-refractivity contribution in [3.63, 3.8) is 0 Å². The predicted octanol–water partition coefficient (Wildman–Crippen LogP) is 1.13. The third-order valence-electron chi connectivity index (χ3n) is 2.13. The molecule has 1 atom stereocenters. The second-order valence-electron chi connectivity index (χ2n) is 3.97. The summed E-state index contributed by atoms with van der Waals surface area (Å²) in [7, 11) is 0. The molecule has 1 fully saturated rings. The van der Waals surface area contributed by atoms with E-state index in [1.807, 2.05) is 18.7 Å². The summed E-state index contributed by atoms with van der Waals surface area (Å²) in [6, 6.07) is 0.777. The Balaban J connectivity index is 1.84. The maximum absolute atomic E-state index is 11.2. The summed E-state index contributed by atoms with van der Waals surface area (Å²) in [5.74, 6) is 2.19. The minimum absolute atomic E-state index is 0.209. The highest BCUT2D eigenvalue weighted by molar-refractivity contribution is 7.99. The fourth-order valence-electron chi connectivity index (χ4n) is 1.06. The topological polar surface area (TPSA) is 55.1 Å². The number of nitrogens with one attached hydrogen (secondary N) is 1. The summed E-state index contributed by atoms with van der Waals surface area (Å²) < 4.78 is 0. The highest BCUT2D eigenvalue weighted by Gasteiger charge is 2.22. The lowest BCUT2D eigenvalue weighted by Crippen LogP contribution is -2.25. The highest BCUT2D eigenvalue weighted by Crippen LogP contribution is 2.18. The molecule has 1 rings (SSSR count). The van der Waals surface area contributed by atoms with Gasteiger partial charge >= 0.3 is 0 Å². The van der Waals surface area contributed by atoms with Gasteiger partial charge in [0.15, 0.2) is 0 Å². The van der Waals surface area contributed by atoms with Gasteiger partial charge in [0, 0.05) is 24.3 Å². The lowest BCUT2D eigenvalue weighted by molar-refractivity contribution is -0.120. The first-order valence-electron chi connectivity index (χ1n) is 5.31. The van der Waals surface area contributed by atoms with Gasteiger partial charge in [-0.05, 0) is 31.9 Å². The number of hydrogen-bond donors (Lipinski definition) is 2. The van der Waals surface area contributed by atoms with Crippen LogP contribution in [0.15, 0.2) is 0 Å². The van der Waals surface area contributed by atoms with Crippen LogP contribution >= 0.6 is 11.8 Å². The first-order chi connectivity index (χ1) is 6.68. The standard InChI is InChI=1S/C10H20N2OS/c1-8(11)4-6-14-7-5-10(13)12-9-2-3-9/h8-9H,2-7,11H2,1H3,(H,12,13). The summed E-state index contributed by atoms with van der Waals surface area (Å²) in [6.45, 7) is 2.01. The van der Waals surface area contributed by atoms with Crippen LogP contribution in [0.1, 0.15) is 32.6 Å². The van der Waals surface area contributed by atoms with Gasteiger partial charge < -0.3 is 11.1 Å². The summed E-state index contributed by atoms with van der Waals surface area (Å²) in [6.07, 6.45) is 4.03. The van der Waals surface area contributed by atoms with Gasteiger partial charge in [-0.3, -0.25) is 4.79 Å². The van der Waals surface area contributed by atoms with Crippen LogP contribution in [0.3, 0.4) is 0 Å². The third-order valence-corrected chi connectivity index (χ3v) is 3.15. The van der Waals surface area contributed by atoms with E-state index in [2.05, 4.69) is 5.32 Å². The average molecular weight is 216 g/mol. The Kier molecular flexibility index (Phi) is 5.33. The van der Waals surface area contributed by atoms with Gasteiger partial charge in [0.05, 0.1) is 0 Å². The van der Waals surface area contributed by atoms with E-state index < -0.39 is 0 Å². The van der Waals surface area contributed by atoms with Gasteiger partial charge in [-0.15, -0.1) is 0 Å². The highest BCUT2D eigenvalue weighted by atomic mass is 32.2. The molecular weight excluding hydrogens is 196 g/mol. The molecule has 1 aliphatic rings. The Hall–Kier alpha value is -0.220. The lowest BCUT2D eigenvalue weighted by atomic mass is 10.3. The van der Waals surface area contributed by atoms with E-state index in [1.165, 1.54) is 12.8 Å². The van der Waals surface area contributed by atoms with E-state index in [-0.39, 0.29) is 11.9 Å². The monoisotopic (exact) mass is 216 g/mol. The molecule has 0 bridgehead atoms. The predicted molar refractivity (Wildman–Crippen MR) is 61.4 cm³/mol. The van der Waals surface area contributed by atoms with Gasteiger partial charge in [-0.1, -0.05) is 0 Å². The molecule has 0 heterocycles. The number of hydrogen-bond acceptors (Lipinski definition) is 3. The Morgan fingerprint density at radius 1 is 1.57 bits per heavy atom. The minimum Gasteiger partial charge on any atom is -0.353 e. The molecule has 1 saturated carbocycles. The third kappa shape index (κ3) is 6.27. The molecule has 82 valence electrons. The molecule has 1 amide bonds. The number of nitrogens with two attached hydrogens (primary N) is 1. The molecule has 1 unspecified atom stereocenters. The number of rotatable bonds is 7. The maximum atomic E-state index is 11.2. The minimum atomic E-state index is 0.209. The molecule has 3 nitrogen and oxygen atoms in total. The van der Waals surface area contributed by atoms with Crippen molar-refractivity contribution >= 4 is 17.7 Å². The zero-order valence-electron chi connectivity index (χ0n) is 8.79. The van der Waals surface area contributed by atoms with Gasteiger partial charge in [0.25, 0.3) is 0 Å². The SMILES string of the molecule is CC(N)CCSCCC(=O)NC1CC1. The largest absolute Gasteiger partial charge is 0.353 e. The zero-order chi connectivity index (χ0) is 10.4. The number of amides is 1. The van der Waals surface area contributed by atoms with Gasteiger partial charge in [-0.25, -0.2) is 0 Å². The van der Waals surface area contributed by atoms with Crippen LogP contribution in [0.2, 0.25) is 0 Å². The number of thioether (sulfide) groups is 1. The molecule has 0 aliphatic heterocycles. The van der Waals surface area contributed by atoms with Crippen LogP contribution < -0.4 is 11.1 Å². The molecule has 0 aromatic heterocycles. The molecule has 0 aromatic carbocycles. The Bertz CT molecular complexity index is 181. The van der Waals surface area contributed by atoms with Crippen molar-refractivity contribution in [3.8, 4) is 0 Å². The van der Waals surface area contributed by atoms with Gasteiger partial charge in [-0.2, -0.15) is 11.8 Å². The summed E-state index contributed by atoms with van der Waals surface area (Å²) in [5.41, 5.74) is 5.62. The van der Waals surface area contributed by atoms with E-state index in [0.29, 0.717) is 12.5 Å². The van der Waals surface area contributed by atoms with Crippen LogP contribution in [-0.2, 0) is 4.79 Å². The summed E-state index contributed by atoms with van der Waals surface area (Å²) in [4.78, 5) is 11.2. The Morgan fingerprint density at radius 2 is 2.29 bits per heavy atom. The van der Waals surface area contributed by atoms with Crippen LogP contribution in [0.5, 0.6) is 0 Å². The summed E-state index contributed by atoms with van der Waals surface area (Å²) in [5, 5.41) is 2.98. The molecular formula is C10H20N2OS. The second-order valence-corrected chi connectivity index (χ2v) is 5.19. The van der Waals surface area contributed by atoms with Crippen LogP contribution in [-0.4, -0.2) is 29.5 Å². The zero-order valence-corrected chi connectivity index (χ0v) is 9.61. The molecule has 0 spiro atoms. The van der Waals surface area contributed by atoms with Crippen molar-refractivity contribution in [1.82, 2.24) is 5.32 Å². The first kappa shape index (κ1) is 11.9. The van der Waals surface area contributed by atoms with E-state index in [0.717, 1.165) is 17.9 Å². The molecule has 4 heteroatoms. The van der Waals surface area contributed by atoms with Crippen LogP contribution in [0.25, 0.3) is 0 Å². The van der Waals surface area contributed by atoms with E-state index in [1.54, 1.807) is 0 Å². The molecule has 0 aromatic rings. The number of carbonyl (C=O) groups excluding carboxylic acids is 1. The van der Waals surface area contributed by atoms with Crippen molar-refractivity contribution in [2.45, 2.75) is 44.7 Å². The van der Waals surface area contributed by atoms with Gasteiger partial charge in [0.2, 0.25) is 5.91 Å². The second kappa shape index (κ2) is 6.30. The quantitative estimate of drug-likeness (QED) is 0.627. The normalized spacial score (nSPS) is 17.9. The Labute approximate surface area is 90.2 Å². The maximum Gasteiger partial charge on any atom is 0.221 e. The van der Waals surface area contributed by atoms with Crippen LogP contribution in [0, 0.1) is 0 Å². The van der Waals surface area contributed by atoms with Crippen molar-refractivity contribution < 1.29 is 4.79 Å². The smallest absolute Gasteiger partial charge is 0.221 e. The van der Waals surface area contributed by atoms with Gasteiger partial charge in [0.1, 0.15) is 0 Å². The molecule has 0 saturated heterocycles. The van der Waals surface area contributed by atoms with Crippen molar-refractivity contribution in [1.29, 1.82) is 0 Å². The average Bonchev–Trinajstić information content (AvgIpc) is 2.87. The molecule has 14 heavy (non-hydrogen) atoms. The molecule has 3 N–H and O–H groups in total. The van der Waals surface area contributed by atoms with E-state index in [4.69, 9.17) is 5.73 Å². The van der Waals surface area contributed by atoms with E-state index in [9.17, 15) is 4.79 Å². The Morgan fingerprint density at radius 3 is 2.86 bits per heavy atom. The molecule has 0 radical (unpaired) electrons. The molecule has 1 aliphatic carbocycles. The fourth-order valence-corrected chi connectivity index (χ4v) is 2.14. The number of carbonyl (C=O) groups is 1. The van der Waals surface area contributed by atoms with E-state index >= 15 is 0 Å². The van der Waals surface area contributed by atoms with Crippen molar-refractivity contribution in [2.75, 3.05) is 11.5 Å².